The van der Waals surface area contributed by atoms with Crippen LogP contribution in [0.4, 0.5) is 0 Å². The molecule has 0 unspecified atom stereocenters. The van der Waals surface area contributed by atoms with Crippen molar-refractivity contribution in [2.24, 2.45) is 0 Å². The molecule has 0 saturated heterocycles. The minimum atomic E-state index is 0.141. The van der Waals surface area contributed by atoms with Crippen LogP contribution in [-0.2, 0) is 11.3 Å². The van der Waals surface area contributed by atoms with E-state index in [-0.39, 0.29) is 5.91 Å². The summed E-state index contributed by atoms with van der Waals surface area (Å²) in [4.78, 5) is 11.4. The molecule has 3 nitrogen and oxygen atoms in total. The Morgan fingerprint density at radius 2 is 2.22 bits per heavy atom. The third-order valence-corrected chi connectivity index (χ3v) is 4.00. The largest absolute Gasteiger partial charge is 0.353 e. The maximum Gasteiger partial charge on any atom is 0.221 e. The molecular weight excluding hydrogens is 316 g/mol. The Balaban J connectivity index is 1.64. The van der Waals surface area contributed by atoms with E-state index in [9.17, 15) is 4.79 Å². The molecule has 1 aromatic carbocycles. The fourth-order valence-electron chi connectivity index (χ4n) is 1.61. The van der Waals surface area contributed by atoms with Crippen LogP contribution in [0.1, 0.15) is 24.8 Å². The van der Waals surface area contributed by atoms with E-state index in [1.54, 1.807) is 0 Å². The Kier molecular flexibility index (Phi) is 5.03. The van der Waals surface area contributed by atoms with Gasteiger partial charge in [-0.3, -0.25) is 4.79 Å². The lowest BCUT2D eigenvalue weighted by Gasteiger charge is -2.06. The molecule has 18 heavy (non-hydrogen) atoms. The number of carbonyl (C=O) groups excluding carboxylic acids is 1. The topological polar surface area (TPSA) is 41.1 Å². The molecule has 1 aliphatic carbocycles. The molecule has 5 heteroatoms. The van der Waals surface area contributed by atoms with Gasteiger partial charge in [-0.1, -0.05) is 17.7 Å². The van der Waals surface area contributed by atoms with Crippen molar-refractivity contribution < 1.29 is 4.79 Å². The zero-order valence-electron chi connectivity index (χ0n) is 10.0. The Morgan fingerprint density at radius 1 is 1.44 bits per heavy atom. The summed E-state index contributed by atoms with van der Waals surface area (Å²) in [6.45, 7) is 1.44. The van der Waals surface area contributed by atoms with Gasteiger partial charge in [-0.25, -0.2) is 0 Å². The van der Waals surface area contributed by atoms with Gasteiger partial charge in [-0.15, -0.1) is 0 Å². The summed E-state index contributed by atoms with van der Waals surface area (Å²) in [5.74, 6) is 0.141. The van der Waals surface area contributed by atoms with Gasteiger partial charge in [-0.05, 0) is 46.5 Å². The first kappa shape index (κ1) is 13.8. The minimum Gasteiger partial charge on any atom is -0.353 e. The number of halogens is 2. The van der Waals surface area contributed by atoms with Gasteiger partial charge < -0.3 is 10.6 Å². The SMILES string of the molecule is O=C(CCNCc1ccc(Cl)c(Br)c1)NC1CC1. The van der Waals surface area contributed by atoms with Gasteiger partial charge in [0.1, 0.15) is 0 Å². The molecule has 0 atom stereocenters. The third kappa shape index (κ3) is 4.59. The van der Waals surface area contributed by atoms with Gasteiger partial charge in [0.2, 0.25) is 5.91 Å². The molecule has 0 bridgehead atoms. The highest BCUT2D eigenvalue weighted by Crippen LogP contribution is 2.23. The number of amides is 1. The summed E-state index contributed by atoms with van der Waals surface area (Å²) in [5.41, 5.74) is 1.15. The molecule has 0 aromatic heterocycles. The van der Waals surface area contributed by atoms with Crippen molar-refractivity contribution in [2.45, 2.75) is 31.8 Å². The second-order valence-corrected chi connectivity index (χ2v) is 5.78. The highest BCUT2D eigenvalue weighted by molar-refractivity contribution is 9.10. The molecule has 2 N–H and O–H groups in total. The number of rotatable bonds is 6. The molecule has 0 radical (unpaired) electrons. The van der Waals surface area contributed by atoms with Crippen molar-refractivity contribution in [1.29, 1.82) is 0 Å². The predicted molar refractivity (Wildman–Crippen MR) is 76.6 cm³/mol. The quantitative estimate of drug-likeness (QED) is 0.787. The number of hydrogen-bond donors (Lipinski definition) is 2. The molecule has 98 valence electrons. The maximum atomic E-state index is 11.4. The average molecular weight is 332 g/mol. The Hall–Kier alpha value is -0.580. The molecule has 1 amide bonds. The van der Waals surface area contributed by atoms with E-state index in [0.29, 0.717) is 24.0 Å². The fraction of sp³-hybridized carbons (Fsp3) is 0.462. The number of carbonyl (C=O) groups is 1. The Labute approximate surface area is 120 Å². The Bertz CT molecular complexity index is 435. The molecule has 1 fully saturated rings. The second-order valence-electron chi connectivity index (χ2n) is 4.52. The summed E-state index contributed by atoms with van der Waals surface area (Å²) in [7, 11) is 0. The van der Waals surface area contributed by atoms with Crippen LogP contribution >= 0.6 is 27.5 Å². The zero-order chi connectivity index (χ0) is 13.0. The van der Waals surface area contributed by atoms with Crippen LogP contribution in [0.5, 0.6) is 0 Å². The van der Waals surface area contributed by atoms with Crippen molar-refractivity contribution in [2.75, 3.05) is 6.54 Å². The van der Waals surface area contributed by atoms with Gasteiger partial charge in [-0.2, -0.15) is 0 Å². The van der Waals surface area contributed by atoms with Crippen LogP contribution in [0.25, 0.3) is 0 Å². The average Bonchev–Trinajstić information content (AvgIpc) is 3.13. The van der Waals surface area contributed by atoms with Crippen LogP contribution in [0.2, 0.25) is 5.02 Å². The van der Waals surface area contributed by atoms with E-state index in [0.717, 1.165) is 29.4 Å². The third-order valence-electron chi connectivity index (χ3n) is 2.78. The monoisotopic (exact) mass is 330 g/mol. The summed E-state index contributed by atoms with van der Waals surface area (Å²) >= 11 is 9.31. The minimum absolute atomic E-state index is 0.141. The van der Waals surface area contributed by atoms with Gasteiger partial charge in [0.05, 0.1) is 5.02 Å². The lowest BCUT2D eigenvalue weighted by atomic mass is 10.2. The lowest BCUT2D eigenvalue weighted by Crippen LogP contribution is -2.28. The Morgan fingerprint density at radius 3 is 2.89 bits per heavy atom. The van der Waals surface area contributed by atoms with E-state index in [1.165, 1.54) is 0 Å². The van der Waals surface area contributed by atoms with Crippen LogP contribution < -0.4 is 10.6 Å². The van der Waals surface area contributed by atoms with E-state index in [1.807, 2.05) is 18.2 Å². The van der Waals surface area contributed by atoms with Crippen LogP contribution in [0, 0.1) is 0 Å². The highest BCUT2D eigenvalue weighted by atomic mass is 79.9. The number of hydrogen-bond acceptors (Lipinski definition) is 2. The lowest BCUT2D eigenvalue weighted by molar-refractivity contribution is -0.121. The summed E-state index contributed by atoms with van der Waals surface area (Å²) in [6, 6.07) is 6.27. The van der Waals surface area contributed by atoms with E-state index < -0.39 is 0 Å². The molecule has 0 heterocycles. The molecule has 1 aromatic rings. The summed E-state index contributed by atoms with van der Waals surface area (Å²) in [5, 5.41) is 6.92. The van der Waals surface area contributed by atoms with Crippen LogP contribution in [0.15, 0.2) is 22.7 Å². The first-order valence-corrected chi connectivity index (χ1v) is 7.26. The fourth-order valence-corrected chi connectivity index (χ4v) is 2.16. The van der Waals surface area contributed by atoms with E-state index in [4.69, 9.17) is 11.6 Å². The van der Waals surface area contributed by atoms with Crippen molar-refractivity contribution in [3.8, 4) is 0 Å². The van der Waals surface area contributed by atoms with Gasteiger partial charge in [0.15, 0.2) is 0 Å². The van der Waals surface area contributed by atoms with E-state index in [2.05, 4.69) is 26.6 Å². The molecule has 1 saturated carbocycles. The normalized spacial score (nSPS) is 14.6. The molecule has 0 spiro atoms. The number of nitrogens with one attached hydrogen (secondary N) is 2. The van der Waals surface area contributed by atoms with Crippen molar-refractivity contribution in [3.05, 3.63) is 33.3 Å². The summed E-state index contributed by atoms with van der Waals surface area (Å²) in [6.07, 6.45) is 2.81. The zero-order valence-corrected chi connectivity index (χ0v) is 12.4. The summed E-state index contributed by atoms with van der Waals surface area (Å²) < 4.78 is 0.898. The molecule has 0 aliphatic heterocycles. The standard InChI is InChI=1S/C13H16BrClN2O/c14-11-7-9(1-4-12(11)15)8-16-6-5-13(18)17-10-2-3-10/h1,4,7,10,16H,2-3,5-6,8H2,(H,17,18). The van der Waals surface area contributed by atoms with Crippen molar-refractivity contribution in [3.63, 3.8) is 0 Å². The van der Waals surface area contributed by atoms with Crippen LogP contribution in [-0.4, -0.2) is 18.5 Å². The highest BCUT2D eigenvalue weighted by Gasteiger charge is 2.22. The number of benzene rings is 1. The van der Waals surface area contributed by atoms with Gasteiger partial charge in [0, 0.05) is 30.0 Å². The molecule has 1 aliphatic rings. The van der Waals surface area contributed by atoms with E-state index >= 15 is 0 Å². The maximum absolute atomic E-state index is 11.4. The van der Waals surface area contributed by atoms with Crippen molar-refractivity contribution in [1.82, 2.24) is 10.6 Å². The molecular formula is C13H16BrClN2O. The first-order chi connectivity index (χ1) is 8.65. The molecule has 2 rings (SSSR count). The smallest absolute Gasteiger partial charge is 0.221 e. The van der Waals surface area contributed by atoms with Crippen molar-refractivity contribution >= 4 is 33.4 Å². The van der Waals surface area contributed by atoms with Crippen LogP contribution in [0.3, 0.4) is 0 Å². The predicted octanol–water partition coefficient (Wildman–Crippen LogP) is 2.86. The van der Waals surface area contributed by atoms with Gasteiger partial charge in [0.25, 0.3) is 0 Å². The first-order valence-electron chi connectivity index (χ1n) is 6.09. The van der Waals surface area contributed by atoms with Gasteiger partial charge >= 0.3 is 0 Å². The second kappa shape index (κ2) is 6.55.